The Labute approximate surface area is 169 Å². The van der Waals surface area contributed by atoms with Gasteiger partial charge < -0.3 is 10.1 Å². The molecule has 0 saturated heterocycles. The van der Waals surface area contributed by atoms with Crippen LogP contribution in [0.1, 0.15) is 43.4 Å². The average molecular weight is 397 g/mol. The van der Waals surface area contributed by atoms with E-state index in [1.807, 2.05) is 45.0 Å². The fourth-order valence-electron chi connectivity index (χ4n) is 3.57. The van der Waals surface area contributed by atoms with Crippen LogP contribution in [0.5, 0.6) is 0 Å². The van der Waals surface area contributed by atoms with Crippen molar-refractivity contribution in [3.63, 3.8) is 0 Å². The highest BCUT2D eigenvalue weighted by atomic mass is 16.5. The smallest absolute Gasteiger partial charge is 0.336 e. The van der Waals surface area contributed by atoms with Gasteiger partial charge >= 0.3 is 11.7 Å². The third-order valence-corrected chi connectivity index (χ3v) is 5.17. The van der Waals surface area contributed by atoms with Crippen LogP contribution in [0, 0.1) is 12.8 Å². The lowest BCUT2D eigenvalue weighted by atomic mass is 9.82. The molecule has 7 nitrogen and oxygen atoms in total. The second-order valence-corrected chi connectivity index (χ2v) is 7.97. The topological polar surface area (TPSA) is 82.3 Å². The number of carbonyl (C=O) groups excluding carboxylic acids is 1. The summed E-state index contributed by atoms with van der Waals surface area (Å²) in [5.41, 5.74) is 2.33. The Balaban J connectivity index is 2.28. The van der Waals surface area contributed by atoms with Gasteiger partial charge in [-0.1, -0.05) is 43.7 Å². The molecule has 1 N–H and O–H groups in total. The molecule has 3 rings (SSSR count). The van der Waals surface area contributed by atoms with Gasteiger partial charge in [-0.05, 0) is 25.3 Å². The lowest BCUT2D eigenvalue weighted by molar-refractivity contribution is -0.140. The lowest BCUT2D eigenvalue weighted by Gasteiger charge is -2.31. The Hall–Kier alpha value is -3.09. The number of nitrogens with one attached hydrogen (secondary N) is 1. The van der Waals surface area contributed by atoms with Crippen LogP contribution in [0.2, 0.25) is 0 Å². The molecule has 0 saturated carbocycles. The zero-order valence-corrected chi connectivity index (χ0v) is 17.7. The van der Waals surface area contributed by atoms with Crippen molar-refractivity contribution in [2.45, 2.75) is 33.6 Å². The van der Waals surface area contributed by atoms with Crippen LogP contribution in [0.4, 0.5) is 5.82 Å². The van der Waals surface area contributed by atoms with Crippen LogP contribution in [0.25, 0.3) is 0 Å². The molecule has 1 aliphatic heterocycles. The molecular formula is C22H27N3O4. The molecule has 1 unspecified atom stereocenters. The first kappa shape index (κ1) is 20.6. The molecule has 1 aromatic heterocycles. The van der Waals surface area contributed by atoms with Gasteiger partial charge in [0.25, 0.3) is 5.56 Å². The van der Waals surface area contributed by atoms with E-state index >= 15 is 0 Å². The molecule has 0 radical (unpaired) electrons. The molecule has 1 atom stereocenters. The fraction of sp³-hybridized carbons (Fsp3) is 0.409. The number of ether oxygens (including phenoxy) is 1. The Kier molecular flexibility index (Phi) is 5.50. The van der Waals surface area contributed by atoms with E-state index in [0.717, 1.165) is 15.7 Å². The maximum atomic E-state index is 13.1. The van der Waals surface area contributed by atoms with Gasteiger partial charge in [-0.3, -0.25) is 13.9 Å². The average Bonchev–Trinajstić information content (AvgIpc) is 2.68. The number of allylic oxidation sites excluding steroid dienone is 1. The van der Waals surface area contributed by atoms with Crippen LogP contribution in [-0.4, -0.2) is 21.7 Å². The van der Waals surface area contributed by atoms with Gasteiger partial charge in [0.05, 0.1) is 23.7 Å². The Morgan fingerprint density at radius 2 is 1.72 bits per heavy atom. The molecule has 0 fully saturated rings. The van der Waals surface area contributed by atoms with Crippen molar-refractivity contribution in [2.75, 3.05) is 11.9 Å². The van der Waals surface area contributed by atoms with Gasteiger partial charge in [-0.2, -0.15) is 0 Å². The molecule has 2 heterocycles. The first-order valence-electron chi connectivity index (χ1n) is 9.64. The number of carbonyl (C=O) groups is 1. The molecule has 1 aliphatic rings. The van der Waals surface area contributed by atoms with E-state index in [1.54, 1.807) is 14.0 Å². The second kappa shape index (κ2) is 7.73. The zero-order chi connectivity index (χ0) is 21.5. The summed E-state index contributed by atoms with van der Waals surface area (Å²) in [5.74, 6) is -0.496. The maximum absolute atomic E-state index is 13.1. The predicted octanol–water partition coefficient (Wildman–Crippen LogP) is 2.42. The number of fused-ring (bicyclic) bond motifs is 1. The number of hydrogen-bond donors (Lipinski definition) is 1. The van der Waals surface area contributed by atoms with Crippen molar-refractivity contribution in [2.24, 2.45) is 20.0 Å². The van der Waals surface area contributed by atoms with Crippen molar-refractivity contribution in [1.29, 1.82) is 0 Å². The molecule has 7 heteroatoms. The van der Waals surface area contributed by atoms with E-state index < -0.39 is 23.1 Å². The van der Waals surface area contributed by atoms with E-state index in [2.05, 4.69) is 5.32 Å². The summed E-state index contributed by atoms with van der Waals surface area (Å²) in [4.78, 5) is 38.6. The summed E-state index contributed by atoms with van der Waals surface area (Å²) in [6.45, 7) is 7.95. The third-order valence-electron chi connectivity index (χ3n) is 5.17. The number of anilines is 1. The Morgan fingerprint density at radius 3 is 2.31 bits per heavy atom. The normalized spacial score (nSPS) is 15.9. The number of esters is 1. The van der Waals surface area contributed by atoms with Crippen molar-refractivity contribution < 1.29 is 9.53 Å². The van der Waals surface area contributed by atoms with Gasteiger partial charge in [0.1, 0.15) is 5.82 Å². The van der Waals surface area contributed by atoms with Gasteiger partial charge in [-0.25, -0.2) is 9.59 Å². The third kappa shape index (κ3) is 3.64. The molecule has 0 spiro atoms. The van der Waals surface area contributed by atoms with Crippen LogP contribution < -0.4 is 16.6 Å². The zero-order valence-electron chi connectivity index (χ0n) is 17.7. The minimum absolute atomic E-state index is 0.190. The highest BCUT2D eigenvalue weighted by Gasteiger charge is 2.37. The number of nitrogens with zero attached hydrogens (tertiary/aromatic N) is 2. The molecule has 1 aromatic carbocycles. The number of hydrogen-bond acceptors (Lipinski definition) is 5. The lowest BCUT2D eigenvalue weighted by Crippen LogP contribution is -2.43. The largest absolute Gasteiger partial charge is 0.462 e. The summed E-state index contributed by atoms with van der Waals surface area (Å²) >= 11 is 0. The van der Waals surface area contributed by atoms with Crippen molar-refractivity contribution in [1.82, 2.24) is 9.13 Å². The van der Waals surface area contributed by atoms with Crippen LogP contribution in [0.15, 0.2) is 45.1 Å². The molecule has 2 aromatic rings. The molecule has 0 bridgehead atoms. The first-order valence-corrected chi connectivity index (χ1v) is 9.64. The SMILES string of the molecule is CC1=C(C(=O)OCC(C)C)C(c2ccc(C)cc2)c2c(n(C)c(=O)n(C)c2=O)N1. The van der Waals surface area contributed by atoms with Gasteiger partial charge in [0, 0.05) is 19.8 Å². The summed E-state index contributed by atoms with van der Waals surface area (Å²) in [7, 11) is 3.05. The van der Waals surface area contributed by atoms with Crippen molar-refractivity contribution in [3.8, 4) is 0 Å². The first-order chi connectivity index (χ1) is 13.6. The van der Waals surface area contributed by atoms with Gasteiger partial charge in [0.2, 0.25) is 0 Å². The fourth-order valence-corrected chi connectivity index (χ4v) is 3.57. The van der Waals surface area contributed by atoms with Crippen LogP contribution in [0.3, 0.4) is 0 Å². The van der Waals surface area contributed by atoms with E-state index in [1.165, 1.54) is 11.6 Å². The monoisotopic (exact) mass is 397 g/mol. The molecule has 154 valence electrons. The second-order valence-electron chi connectivity index (χ2n) is 7.97. The minimum Gasteiger partial charge on any atom is -0.462 e. The van der Waals surface area contributed by atoms with Gasteiger partial charge in [-0.15, -0.1) is 0 Å². The van der Waals surface area contributed by atoms with Gasteiger partial charge in [0.15, 0.2) is 0 Å². The quantitative estimate of drug-likeness (QED) is 0.802. The van der Waals surface area contributed by atoms with Crippen molar-refractivity contribution in [3.05, 3.63) is 73.1 Å². The number of aryl methyl sites for hydroxylation is 1. The summed E-state index contributed by atoms with van der Waals surface area (Å²) in [5, 5.41) is 3.10. The summed E-state index contributed by atoms with van der Waals surface area (Å²) in [6.07, 6.45) is 0. The highest BCUT2D eigenvalue weighted by molar-refractivity contribution is 5.94. The molecule has 0 amide bonds. The van der Waals surface area contributed by atoms with E-state index in [0.29, 0.717) is 22.7 Å². The Morgan fingerprint density at radius 1 is 1.10 bits per heavy atom. The maximum Gasteiger partial charge on any atom is 0.336 e. The molecule has 0 aliphatic carbocycles. The number of aromatic nitrogens is 2. The highest BCUT2D eigenvalue weighted by Crippen LogP contribution is 2.40. The summed E-state index contributed by atoms with van der Waals surface area (Å²) < 4.78 is 7.98. The number of benzene rings is 1. The molecule has 29 heavy (non-hydrogen) atoms. The Bertz CT molecular complexity index is 1100. The standard InChI is InChI=1S/C22H27N3O4/c1-12(2)11-29-21(27)16-14(4)23-19-18(20(26)25(6)22(28)24(19)5)17(16)15-9-7-13(3)8-10-15/h7-10,12,17,23H,11H2,1-6H3. The summed E-state index contributed by atoms with van der Waals surface area (Å²) in [6, 6.07) is 7.69. The van der Waals surface area contributed by atoms with Crippen LogP contribution in [-0.2, 0) is 23.6 Å². The van der Waals surface area contributed by atoms with E-state index in [-0.39, 0.29) is 12.5 Å². The van der Waals surface area contributed by atoms with E-state index in [9.17, 15) is 14.4 Å². The van der Waals surface area contributed by atoms with Crippen molar-refractivity contribution >= 4 is 11.8 Å². The minimum atomic E-state index is -0.628. The number of rotatable bonds is 4. The van der Waals surface area contributed by atoms with E-state index in [4.69, 9.17) is 4.74 Å². The molecular weight excluding hydrogens is 370 g/mol. The predicted molar refractivity (Wildman–Crippen MR) is 112 cm³/mol. The van der Waals surface area contributed by atoms with Crippen LogP contribution >= 0.6 is 0 Å².